The zero-order chi connectivity index (χ0) is 25.8. The molecule has 1 amide bonds. The van der Waals surface area contributed by atoms with Gasteiger partial charge in [-0.1, -0.05) is 42.5 Å². The third-order valence-corrected chi connectivity index (χ3v) is 6.77. The summed E-state index contributed by atoms with van der Waals surface area (Å²) in [6, 6.07) is 23.2. The van der Waals surface area contributed by atoms with Crippen molar-refractivity contribution in [2.45, 2.75) is 31.6 Å². The van der Waals surface area contributed by atoms with Gasteiger partial charge in [-0.2, -0.15) is 0 Å². The maximum atomic E-state index is 13.2. The number of carbonyl (C=O) groups is 2. The van der Waals surface area contributed by atoms with Crippen LogP contribution >= 0.6 is 0 Å². The van der Waals surface area contributed by atoms with Gasteiger partial charge < -0.3 is 24.2 Å². The van der Waals surface area contributed by atoms with Crippen molar-refractivity contribution in [3.63, 3.8) is 0 Å². The lowest BCUT2D eigenvalue weighted by Crippen LogP contribution is -2.36. The fraction of sp³-hybridized carbons (Fsp3) is 0.267. The van der Waals surface area contributed by atoms with Crippen molar-refractivity contribution in [3.05, 3.63) is 101 Å². The van der Waals surface area contributed by atoms with Crippen molar-refractivity contribution in [1.29, 1.82) is 0 Å². The Morgan fingerprint density at radius 2 is 1.68 bits per heavy atom. The number of hydrogen-bond donors (Lipinski definition) is 1. The molecule has 2 saturated heterocycles. The van der Waals surface area contributed by atoms with Crippen LogP contribution in [0.3, 0.4) is 0 Å². The number of ketones is 1. The van der Waals surface area contributed by atoms with E-state index in [-0.39, 0.29) is 24.0 Å². The van der Waals surface area contributed by atoms with Crippen molar-refractivity contribution in [3.8, 4) is 11.5 Å². The van der Waals surface area contributed by atoms with Crippen LogP contribution in [0.1, 0.15) is 35.6 Å². The SMILES string of the molecule is COc1ccc(/C(O)=C2\C(=O)C(=O)N(CC3CCCO3)C2c2ccc(OCc3ccccc3)cc2)cc1. The van der Waals surface area contributed by atoms with Gasteiger partial charge in [0.1, 0.15) is 23.9 Å². The lowest BCUT2D eigenvalue weighted by atomic mass is 9.95. The van der Waals surface area contributed by atoms with Crippen LogP contribution in [0.4, 0.5) is 0 Å². The Labute approximate surface area is 215 Å². The molecular weight excluding hydrogens is 470 g/mol. The molecule has 7 nitrogen and oxygen atoms in total. The molecule has 2 heterocycles. The topological polar surface area (TPSA) is 85.3 Å². The summed E-state index contributed by atoms with van der Waals surface area (Å²) in [5, 5.41) is 11.2. The van der Waals surface area contributed by atoms with Crippen molar-refractivity contribution in [2.75, 3.05) is 20.3 Å². The molecule has 0 aliphatic carbocycles. The molecule has 0 spiro atoms. The van der Waals surface area contributed by atoms with E-state index in [0.29, 0.717) is 35.8 Å². The second-order valence-electron chi connectivity index (χ2n) is 9.16. The van der Waals surface area contributed by atoms with E-state index in [1.807, 2.05) is 54.6 Å². The van der Waals surface area contributed by atoms with Crippen LogP contribution in [-0.2, 0) is 20.9 Å². The average molecular weight is 500 g/mol. The van der Waals surface area contributed by atoms with E-state index in [2.05, 4.69) is 0 Å². The Balaban J connectivity index is 1.47. The minimum atomic E-state index is -0.741. The molecule has 0 radical (unpaired) electrons. The highest BCUT2D eigenvalue weighted by atomic mass is 16.5. The molecule has 3 aromatic rings. The number of rotatable bonds is 8. The number of aliphatic hydroxyl groups is 1. The minimum Gasteiger partial charge on any atom is -0.507 e. The van der Waals surface area contributed by atoms with Crippen molar-refractivity contribution < 1.29 is 28.9 Å². The first-order valence-corrected chi connectivity index (χ1v) is 12.4. The Bertz CT molecular complexity index is 1280. The van der Waals surface area contributed by atoms with Gasteiger partial charge in [-0.15, -0.1) is 0 Å². The van der Waals surface area contributed by atoms with E-state index in [0.717, 1.165) is 18.4 Å². The number of ether oxygens (including phenoxy) is 3. The molecule has 2 unspecified atom stereocenters. The van der Waals surface area contributed by atoms with Crippen LogP contribution in [0, 0.1) is 0 Å². The summed E-state index contributed by atoms with van der Waals surface area (Å²) in [6.45, 7) is 1.34. The highest BCUT2D eigenvalue weighted by molar-refractivity contribution is 6.46. The van der Waals surface area contributed by atoms with Crippen LogP contribution in [0.25, 0.3) is 5.76 Å². The maximum Gasteiger partial charge on any atom is 0.295 e. The highest BCUT2D eigenvalue weighted by Gasteiger charge is 2.47. The molecule has 2 aliphatic rings. The smallest absolute Gasteiger partial charge is 0.295 e. The average Bonchev–Trinajstić information content (AvgIpc) is 3.55. The first-order valence-electron chi connectivity index (χ1n) is 12.4. The van der Waals surface area contributed by atoms with E-state index < -0.39 is 17.7 Å². The number of hydrogen-bond acceptors (Lipinski definition) is 6. The monoisotopic (exact) mass is 499 g/mol. The van der Waals surface area contributed by atoms with Gasteiger partial charge >= 0.3 is 0 Å². The van der Waals surface area contributed by atoms with Gasteiger partial charge in [0, 0.05) is 18.7 Å². The van der Waals surface area contributed by atoms with E-state index in [9.17, 15) is 14.7 Å². The number of Topliss-reactive ketones (excluding diaryl/α,β-unsaturated/α-hetero) is 1. The highest BCUT2D eigenvalue weighted by Crippen LogP contribution is 2.40. The molecule has 1 N–H and O–H groups in total. The van der Waals surface area contributed by atoms with E-state index >= 15 is 0 Å². The minimum absolute atomic E-state index is 0.0612. The van der Waals surface area contributed by atoms with Crippen LogP contribution in [-0.4, -0.2) is 48.1 Å². The summed E-state index contributed by atoms with van der Waals surface area (Å²) in [4.78, 5) is 27.9. The number of carbonyl (C=O) groups excluding carboxylic acids is 2. The standard InChI is InChI=1S/C30H29NO6/c1-35-23-13-11-22(12-14-23)28(32)26-27(31(30(34)29(26)33)18-25-8-5-17-36-25)21-9-15-24(16-10-21)37-19-20-6-3-2-4-7-20/h2-4,6-7,9-16,25,27,32H,5,8,17-19H2,1H3/b28-26+. The molecule has 0 aromatic heterocycles. The molecule has 3 aromatic carbocycles. The third-order valence-electron chi connectivity index (χ3n) is 6.77. The second kappa shape index (κ2) is 10.9. The molecule has 190 valence electrons. The van der Waals surface area contributed by atoms with Crippen molar-refractivity contribution >= 4 is 17.4 Å². The van der Waals surface area contributed by atoms with Gasteiger partial charge in [0.15, 0.2) is 0 Å². The Morgan fingerprint density at radius 3 is 2.32 bits per heavy atom. The molecule has 2 fully saturated rings. The largest absolute Gasteiger partial charge is 0.507 e. The lowest BCUT2D eigenvalue weighted by molar-refractivity contribution is -0.140. The Kier molecular flexibility index (Phi) is 7.23. The Morgan fingerprint density at radius 1 is 0.973 bits per heavy atom. The van der Waals surface area contributed by atoms with Crippen LogP contribution in [0.2, 0.25) is 0 Å². The van der Waals surface area contributed by atoms with Crippen LogP contribution < -0.4 is 9.47 Å². The molecule has 0 bridgehead atoms. The van der Waals surface area contributed by atoms with E-state index in [4.69, 9.17) is 14.2 Å². The van der Waals surface area contributed by atoms with Crippen LogP contribution in [0.15, 0.2) is 84.4 Å². The number of benzene rings is 3. The molecule has 5 rings (SSSR count). The first-order chi connectivity index (χ1) is 18.0. The van der Waals surface area contributed by atoms with Gasteiger partial charge in [0.05, 0.1) is 24.8 Å². The van der Waals surface area contributed by atoms with Gasteiger partial charge in [-0.3, -0.25) is 9.59 Å². The van der Waals surface area contributed by atoms with Crippen molar-refractivity contribution in [2.24, 2.45) is 0 Å². The number of methoxy groups -OCH3 is 1. The van der Waals surface area contributed by atoms with Gasteiger partial charge in [-0.05, 0) is 60.4 Å². The quantitative estimate of drug-likeness (QED) is 0.270. The Hall–Kier alpha value is -4.10. The maximum absolute atomic E-state index is 13.2. The molecular formula is C30H29NO6. The number of likely N-dealkylation sites (tertiary alicyclic amines) is 1. The zero-order valence-corrected chi connectivity index (χ0v) is 20.6. The summed E-state index contributed by atoms with van der Waals surface area (Å²) in [5.74, 6) is -0.275. The number of aliphatic hydroxyl groups excluding tert-OH is 1. The van der Waals surface area contributed by atoms with Gasteiger partial charge in [0.25, 0.3) is 11.7 Å². The predicted octanol–water partition coefficient (Wildman–Crippen LogP) is 4.87. The summed E-state index contributed by atoms with van der Waals surface area (Å²) >= 11 is 0. The van der Waals surface area contributed by atoms with Gasteiger partial charge in [0.2, 0.25) is 0 Å². The molecule has 2 atom stereocenters. The first kappa shape index (κ1) is 24.6. The van der Waals surface area contributed by atoms with E-state index in [1.165, 1.54) is 4.90 Å². The fourth-order valence-corrected chi connectivity index (χ4v) is 4.81. The number of amides is 1. The molecule has 37 heavy (non-hydrogen) atoms. The van der Waals surface area contributed by atoms with Crippen molar-refractivity contribution in [1.82, 2.24) is 4.90 Å². The summed E-state index contributed by atoms with van der Waals surface area (Å²) in [5.41, 5.74) is 2.25. The molecule has 0 saturated carbocycles. The third kappa shape index (κ3) is 5.22. The lowest BCUT2D eigenvalue weighted by Gasteiger charge is -2.27. The van der Waals surface area contributed by atoms with Crippen LogP contribution in [0.5, 0.6) is 11.5 Å². The molecule has 2 aliphatic heterocycles. The second-order valence-corrected chi connectivity index (χ2v) is 9.16. The summed E-state index contributed by atoms with van der Waals surface area (Å²) in [7, 11) is 1.55. The van der Waals surface area contributed by atoms with E-state index in [1.54, 1.807) is 31.4 Å². The molecule has 7 heteroatoms. The van der Waals surface area contributed by atoms with Gasteiger partial charge in [-0.25, -0.2) is 0 Å². The predicted molar refractivity (Wildman–Crippen MR) is 138 cm³/mol. The fourth-order valence-electron chi connectivity index (χ4n) is 4.81. The zero-order valence-electron chi connectivity index (χ0n) is 20.6. The normalized spacial score (nSPS) is 20.8. The number of nitrogens with zero attached hydrogens (tertiary/aromatic N) is 1. The summed E-state index contributed by atoms with van der Waals surface area (Å²) in [6.07, 6.45) is 1.59. The summed E-state index contributed by atoms with van der Waals surface area (Å²) < 4.78 is 16.9.